The molecule has 170 valence electrons. The van der Waals surface area contributed by atoms with Crippen LogP contribution in [0.2, 0.25) is 0 Å². The second kappa shape index (κ2) is 10.5. The van der Waals surface area contributed by atoms with E-state index < -0.39 is 18.5 Å². The van der Waals surface area contributed by atoms with Crippen molar-refractivity contribution in [3.05, 3.63) is 57.9 Å². The first kappa shape index (κ1) is 22.7. The average molecular weight is 464 g/mol. The zero-order valence-electron chi connectivity index (χ0n) is 18.5. The molecule has 0 fully saturated rings. The molecule has 0 unspecified atom stereocenters. The van der Waals surface area contributed by atoms with Gasteiger partial charge in [0.15, 0.2) is 18.3 Å². The maximum absolute atomic E-state index is 12.3. The van der Waals surface area contributed by atoms with E-state index in [0.29, 0.717) is 22.2 Å². The summed E-state index contributed by atoms with van der Waals surface area (Å²) in [5, 5.41) is 12.8. The molecule has 1 N–H and O–H groups in total. The Balaban J connectivity index is 1.25. The number of hydrogen-bond acceptors (Lipinski definition) is 7. The molecular weight excluding hydrogens is 438 g/mol. The Bertz CT molecular complexity index is 1190. The molecule has 0 atom stereocenters. The minimum Gasteiger partial charge on any atom is -0.456 e. The van der Waals surface area contributed by atoms with Crippen molar-refractivity contribution in [1.82, 2.24) is 4.98 Å². The number of aromatic nitrogens is 1. The number of fused-ring (bicyclic) bond motifs is 1. The first-order chi connectivity index (χ1) is 16.0. The van der Waals surface area contributed by atoms with Gasteiger partial charge < -0.3 is 14.5 Å². The number of thiophene rings is 1. The van der Waals surface area contributed by atoms with Crippen LogP contribution in [0.15, 0.2) is 34.9 Å². The number of ether oxygens (including phenoxy) is 1. The number of carbonyl (C=O) groups is 2. The SMILES string of the molecule is Cc1ccc(-c2cnc(CCC(=O)OCC(=O)Nc3sc4c(c3C#N)CCCCC4)o2)cc1. The molecule has 0 spiro atoms. The highest BCUT2D eigenvalue weighted by molar-refractivity contribution is 7.16. The predicted octanol–water partition coefficient (Wildman–Crippen LogP) is 4.97. The first-order valence-electron chi connectivity index (χ1n) is 11.1. The molecule has 8 heteroatoms. The molecule has 2 heterocycles. The summed E-state index contributed by atoms with van der Waals surface area (Å²) >= 11 is 1.46. The van der Waals surface area contributed by atoms with Crippen LogP contribution in [0.4, 0.5) is 5.00 Å². The normalized spacial score (nSPS) is 13.0. The zero-order chi connectivity index (χ0) is 23.2. The number of aryl methyl sites for hydroxylation is 3. The second-order valence-electron chi connectivity index (χ2n) is 8.07. The first-order valence-corrected chi connectivity index (χ1v) is 11.9. The van der Waals surface area contributed by atoms with E-state index in [1.165, 1.54) is 16.2 Å². The van der Waals surface area contributed by atoms with Crippen molar-refractivity contribution in [2.45, 2.75) is 51.9 Å². The van der Waals surface area contributed by atoms with Gasteiger partial charge in [-0.25, -0.2) is 4.98 Å². The summed E-state index contributed by atoms with van der Waals surface area (Å²) in [4.78, 5) is 29.8. The van der Waals surface area contributed by atoms with E-state index in [2.05, 4.69) is 16.4 Å². The molecule has 0 bridgehead atoms. The molecule has 1 aliphatic rings. The number of anilines is 1. The molecule has 1 aromatic carbocycles. The van der Waals surface area contributed by atoms with Gasteiger partial charge in [-0.1, -0.05) is 36.2 Å². The summed E-state index contributed by atoms with van der Waals surface area (Å²) in [6.07, 6.45) is 7.08. The lowest BCUT2D eigenvalue weighted by Crippen LogP contribution is -2.21. The smallest absolute Gasteiger partial charge is 0.306 e. The molecule has 0 saturated carbocycles. The molecule has 33 heavy (non-hydrogen) atoms. The molecule has 0 radical (unpaired) electrons. The summed E-state index contributed by atoms with van der Waals surface area (Å²) in [7, 11) is 0. The molecule has 7 nitrogen and oxygen atoms in total. The van der Waals surface area contributed by atoms with Gasteiger partial charge in [-0.2, -0.15) is 5.26 Å². The highest BCUT2D eigenvalue weighted by atomic mass is 32.1. The lowest BCUT2D eigenvalue weighted by molar-refractivity contribution is -0.147. The van der Waals surface area contributed by atoms with Gasteiger partial charge in [-0.3, -0.25) is 9.59 Å². The molecule has 0 aliphatic heterocycles. The van der Waals surface area contributed by atoms with Crippen LogP contribution < -0.4 is 5.32 Å². The zero-order valence-corrected chi connectivity index (χ0v) is 19.3. The fourth-order valence-electron chi connectivity index (χ4n) is 3.82. The summed E-state index contributed by atoms with van der Waals surface area (Å²) in [5.41, 5.74) is 3.68. The number of amides is 1. The third-order valence-corrected chi connectivity index (χ3v) is 6.79. The van der Waals surface area contributed by atoms with Gasteiger partial charge >= 0.3 is 5.97 Å². The van der Waals surface area contributed by atoms with Crippen molar-refractivity contribution < 1.29 is 18.7 Å². The lowest BCUT2D eigenvalue weighted by Gasteiger charge is -2.05. The lowest BCUT2D eigenvalue weighted by atomic mass is 10.1. The molecule has 4 rings (SSSR count). The maximum Gasteiger partial charge on any atom is 0.306 e. The number of benzene rings is 1. The van der Waals surface area contributed by atoms with Crippen LogP contribution in [0.3, 0.4) is 0 Å². The molecule has 1 amide bonds. The minimum absolute atomic E-state index is 0.0534. The van der Waals surface area contributed by atoms with E-state index in [0.717, 1.165) is 48.8 Å². The van der Waals surface area contributed by atoms with Crippen LogP contribution in [0, 0.1) is 18.3 Å². The Labute approximate surface area is 196 Å². The van der Waals surface area contributed by atoms with E-state index in [4.69, 9.17) is 9.15 Å². The van der Waals surface area contributed by atoms with Crippen LogP contribution in [-0.2, 0) is 33.6 Å². The highest BCUT2D eigenvalue weighted by Crippen LogP contribution is 2.36. The summed E-state index contributed by atoms with van der Waals surface area (Å²) in [6.45, 7) is 1.62. The van der Waals surface area contributed by atoms with Gasteiger partial charge in [0.2, 0.25) is 0 Å². The van der Waals surface area contributed by atoms with Gasteiger partial charge in [-0.15, -0.1) is 11.3 Å². The number of hydrogen-bond donors (Lipinski definition) is 1. The minimum atomic E-state index is -0.511. The van der Waals surface area contributed by atoms with E-state index >= 15 is 0 Å². The quantitative estimate of drug-likeness (QED) is 0.392. The van der Waals surface area contributed by atoms with Crippen LogP contribution in [0.25, 0.3) is 11.3 Å². The number of nitriles is 1. The van der Waals surface area contributed by atoms with Gasteiger partial charge in [0, 0.05) is 16.9 Å². The maximum atomic E-state index is 12.3. The van der Waals surface area contributed by atoms with Crippen molar-refractivity contribution in [2.24, 2.45) is 0 Å². The fraction of sp³-hybridized carbons (Fsp3) is 0.360. The summed E-state index contributed by atoms with van der Waals surface area (Å²) in [5.74, 6) is 0.114. The van der Waals surface area contributed by atoms with Crippen molar-refractivity contribution in [2.75, 3.05) is 11.9 Å². The van der Waals surface area contributed by atoms with Gasteiger partial charge in [0.1, 0.15) is 11.1 Å². The molecular formula is C25H25N3O4S. The van der Waals surface area contributed by atoms with E-state index in [1.807, 2.05) is 31.2 Å². The summed E-state index contributed by atoms with van der Waals surface area (Å²) in [6, 6.07) is 10.1. The Morgan fingerprint density at radius 3 is 2.79 bits per heavy atom. The topological polar surface area (TPSA) is 105 Å². The summed E-state index contributed by atoms with van der Waals surface area (Å²) < 4.78 is 10.8. The number of nitrogens with zero attached hydrogens (tertiary/aromatic N) is 2. The Kier molecular flexibility index (Phi) is 7.20. The average Bonchev–Trinajstić information content (AvgIpc) is 3.34. The number of nitrogens with one attached hydrogen (secondary N) is 1. The number of carbonyl (C=O) groups excluding carboxylic acids is 2. The Morgan fingerprint density at radius 1 is 1.21 bits per heavy atom. The largest absolute Gasteiger partial charge is 0.456 e. The third kappa shape index (κ3) is 5.68. The van der Waals surface area contributed by atoms with Gasteiger partial charge in [-0.05, 0) is 38.2 Å². The van der Waals surface area contributed by atoms with Gasteiger partial charge in [0.05, 0.1) is 18.2 Å². The third-order valence-electron chi connectivity index (χ3n) is 5.58. The van der Waals surface area contributed by atoms with Crippen LogP contribution in [0.1, 0.15) is 53.1 Å². The number of oxazole rings is 1. The molecule has 0 saturated heterocycles. The van der Waals surface area contributed by atoms with Crippen molar-refractivity contribution >= 4 is 28.2 Å². The van der Waals surface area contributed by atoms with Crippen LogP contribution >= 0.6 is 11.3 Å². The van der Waals surface area contributed by atoms with Crippen molar-refractivity contribution in [3.63, 3.8) is 0 Å². The highest BCUT2D eigenvalue weighted by Gasteiger charge is 2.21. The number of esters is 1. The molecule has 1 aliphatic carbocycles. The van der Waals surface area contributed by atoms with Crippen molar-refractivity contribution in [1.29, 1.82) is 5.26 Å². The van der Waals surface area contributed by atoms with Gasteiger partial charge in [0.25, 0.3) is 5.91 Å². The van der Waals surface area contributed by atoms with Crippen LogP contribution in [0.5, 0.6) is 0 Å². The predicted molar refractivity (Wildman–Crippen MR) is 125 cm³/mol. The molecule has 3 aromatic rings. The van der Waals surface area contributed by atoms with E-state index in [9.17, 15) is 14.9 Å². The number of rotatable bonds is 7. The van der Waals surface area contributed by atoms with Crippen LogP contribution in [-0.4, -0.2) is 23.5 Å². The standard InChI is InChI=1S/C25H25N3O4S/c1-16-7-9-17(10-8-16)20-14-27-23(32-20)11-12-24(30)31-15-22(29)28-25-19(13-26)18-5-3-2-4-6-21(18)33-25/h7-10,14H,2-6,11-12,15H2,1H3,(H,28,29). The second-order valence-corrected chi connectivity index (χ2v) is 9.18. The Hall–Kier alpha value is -3.44. The van der Waals surface area contributed by atoms with Crippen molar-refractivity contribution in [3.8, 4) is 17.4 Å². The monoisotopic (exact) mass is 463 g/mol. The fourth-order valence-corrected chi connectivity index (χ4v) is 5.07. The molecule has 2 aromatic heterocycles. The van der Waals surface area contributed by atoms with E-state index in [-0.39, 0.29) is 12.8 Å². The van der Waals surface area contributed by atoms with E-state index in [1.54, 1.807) is 6.20 Å². The Morgan fingerprint density at radius 2 is 2.00 bits per heavy atom.